The summed E-state index contributed by atoms with van der Waals surface area (Å²) >= 11 is 8.51. The van der Waals surface area contributed by atoms with Crippen molar-refractivity contribution in [2.45, 2.75) is 0 Å². The quantitative estimate of drug-likeness (QED) is 0.187. The van der Waals surface area contributed by atoms with Crippen LogP contribution in [0.15, 0.2) is 75.1 Å². The van der Waals surface area contributed by atoms with Gasteiger partial charge in [-0.25, -0.2) is 0 Å². The molecule has 2 aromatic carbocycles. The first kappa shape index (κ1) is 20.6. The number of anilines is 1. The molecule has 8 nitrogen and oxygen atoms in total. The molecule has 0 radical (unpaired) electrons. The predicted octanol–water partition coefficient (Wildman–Crippen LogP) is 4.45. The van der Waals surface area contributed by atoms with Crippen LogP contribution in [0.4, 0.5) is 11.4 Å². The first-order valence-corrected chi connectivity index (χ1v) is 10.1. The molecular formula is C21H12BrN3O5S. The highest BCUT2D eigenvalue weighted by Crippen LogP contribution is 2.27. The van der Waals surface area contributed by atoms with Crippen molar-refractivity contribution in [1.29, 1.82) is 0 Å². The smallest absolute Gasteiger partial charge is 0.270 e. The van der Waals surface area contributed by atoms with Gasteiger partial charge in [-0.05, 0) is 66.8 Å². The van der Waals surface area contributed by atoms with Gasteiger partial charge in [0.2, 0.25) is 0 Å². The van der Waals surface area contributed by atoms with E-state index < -0.39 is 16.7 Å². The van der Waals surface area contributed by atoms with Crippen molar-refractivity contribution in [3.8, 4) is 11.3 Å². The lowest BCUT2D eigenvalue weighted by atomic mass is 10.1. The largest absolute Gasteiger partial charge is 0.457 e. The number of rotatable bonds is 4. The van der Waals surface area contributed by atoms with Gasteiger partial charge in [-0.1, -0.05) is 15.9 Å². The van der Waals surface area contributed by atoms with Crippen LogP contribution in [-0.2, 0) is 9.59 Å². The third-order valence-corrected chi connectivity index (χ3v) is 5.28. The molecule has 154 valence electrons. The zero-order valence-corrected chi connectivity index (χ0v) is 18.0. The lowest BCUT2D eigenvalue weighted by molar-refractivity contribution is -0.384. The van der Waals surface area contributed by atoms with Gasteiger partial charge in [0.1, 0.15) is 17.1 Å². The molecule has 1 aromatic heterocycles. The van der Waals surface area contributed by atoms with Crippen molar-refractivity contribution in [3.63, 3.8) is 0 Å². The van der Waals surface area contributed by atoms with Crippen LogP contribution < -0.4 is 10.2 Å². The van der Waals surface area contributed by atoms with Gasteiger partial charge < -0.3 is 4.42 Å². The van der Waals surface area contributed by atoms with Crippen molar-refractivity contribution in [2.75, 3.05) is 4.90 Å². The van der Waals surface area contributed by atoms with E-state index in [9.17, 15) is 19.7 Å². The summed E-state index contributed by atoms with van der Waals surface area (Å²) in [5.74, 6) is -0.498. The molecule has 1 N–H and O–H groups in total. The molecule has 2 heterocycles. The minimum absolute atomic E-state index is 0.0134. The van der Waals surface area contributed by atoms with Crippen LogP contribution in [0.5, 0.6) is 0 Å². The van der Waals surface area contributed by atoms with E-state index in [0.29, 0.717) is 17.0 Å². The molecule has 0 spiro atoms. The van der Waals surface area contributed by atoms with Gasteiger partial charge in [-0.15, -0.1) is 0 Å². The maximum atomic E-state index is 13.0. The molecule has 0 atom stereocenters. The third-order valence-electron chi connectivity index (χ3n) is 4.46. The summed E-state index contributed by atoms with van der Waals surface area (Å²) in [6.07, 6.45) is 1.33. The zero-order chi connectivity index (χ0) is 22.1. The Hall–Kier alpha value is -3.63. The van der Waals surface area contributed by atoms with Gasteiger partial charge in [0.15, 0.2) is 5.11 Å². The normalized spacial score (nSPS) is 15.3. The fourth-order valence-corrected chi connectivity index (χ4v) is 3.50. The van der Waals surface area contributed by atoms with E-state index in [2.05, 4.69) is 21.2 Å². The number of thiocarbonyl (C=S) groups is 1. The van der Waals surface area contributed by atoms with E-state index in [-0.39, 0.29) is 22.1 Å². The Balaban J connectivity index is 1.63. The predicted molar refractivity (Wildman–Crippen MR) is 121 cm³/mol. The van der Waals surface area contributed by atoms with Crippen LogP contribution in [0.25, 0.3) is 17.4 Å². The van der Waals surface area contributed by atoms with Gasteiger partial charge >= 0.3 is 0 Å². The number of hydrogen-bond acceptors (Lipinski definition) is 6. The Morgan fingerprint density at radius 1 is 1.03 bits per heavy atom. The van der Waals surface area contributed by atoms with E-state index in [0.717, 1.165) is 4.47 Å². The first-order chi connectivity index (χ1) is 14.8. The number of nitrogens with zero attached hydrogens (tertiary/aromatic N) is 2. The molecule has 31 heavy (non-hydrogen) atoms. The maximum Gasteiger partial charge on any atom is 0.270 e. The number of benzene rings is 2. The van der Waals surface area contributed by atoms with Gasteiger partial charge in [0, 0.05) is 22.2 Å². The van der Waals surface area contributed by atoms with Crippen molar-refractivity contribution in [3.05, 3.63) is 86.6 Å². The molecule has 1 fully saturated rings. The van der Waals surface area contributed by atoms with Gasteiger partial charge in [0.25, 0.3) is 17.5 Å². The summed E-state index contributed by atoms with van der Waals surface area (Å²) in [4.78, 5) is 36.9. The molecule has 0 bridgehead atoms. The average molecular weight is 498 g/mol. The van der Waals surface area contributed by atoms with Crippen LogP contribution in [0.1, 0.15) is 5.76 Å². The summed E-state index contributed by atoms with van der Waals surface area (Å²) in [7, 11) is 0. The maximum absolute atomic E-state index is 13.0. The second-order valence-corrected chi connectivity index (χ2v) is 7.74. The Morgan fingerprint density at radius 2 is 1.71 bits per heavy atom. The van der Waals surface area contributed by atoms with Crippen LogP contribution in [0.2, 0.25) is 0 Å². The van der Waals surface area contributed by atoms with E-state index in [1.54, 1.807) is 48.5 Å². The number of non-ortho nitro benzene ring substituents is 1. The summed E-state index contributed by atoms with van der Waals surface area (Å²) < 4.78 is 6.55. The molecule has 0 aliphatic carbocycles. The Morgan fingerprint density at radius 3 is 2.35 bits per heavy atom. The highest BCUT2D eigenvalue weighted by Gasteiger charge is 2.34. The molecule has 1 saturated heterocycles. The fourth-order valence-electron chi connectivity index (χ4n) is 2.96. The molecule has 1 aliphatic heterocycles. The second-order valence-electron chi connectivity index (χ2n) is 6.44. The van der Waals surface area contributed by atoms with Crippen molar-refractivity contribution >= 4 is 62.5 Å². The SMILES string of the molecule is O=C1NC(=S)N(c2ccc(Br)cc2)C(=O)/C1=C/c1ccc(-c2ccc([N+](=O)[O-])cc2)o1. The molecule has 3 aromatic rings. The van der Waals surface area contributed by atoms with Crippen LogP contribution in [-0.4, -0.2) is 21.9 Å². The molecule has 10 heteroatoms. The lowest BCUT2D eigenvalue weighted by Crippen LogP contribution is -2.54. The van der Waals surface area contributed by atoms with Crippen molar-refractivity contribution < 1.29 is 18.9 Å². The number of carbonyl (C=O) groups excluding carboxylic acids is 2. The Bertz CT molecular complexity index is 1250. The van der Waals surface area contributed by atoms with Gasteiger partial charge in [-0.2, -0.15) is 0 Å². The standard InChI is InChI=1S/C21H12BrN3O5S/c22-13-3-7-14(8-4-13)24-20(27)17(19(26)23-21(24)31)11-16-9-10-18(30-16)12-1-5-15(6-2-12)25(28)29/h1-11H,(H,23,26,31)/b17-11+. The molecule has 0 saturated carbocycles. The molecule has 4 rings (SSSR count). The average Bonchev–Trinajstić information content (AvgIpc) is 3.21. The number of halogens is 1. The summed E-state index contributed by atoms with van der Waals surface area (Å²) in [6.45, 7) is 0. The zero-order valence-electron chi connectivity index (χ0n) is 15.6. The highest BCUT2D eigenvalue weighted by molar-refractivity contribution is 9.10. The highest BCUT2D eigenvalue weighted by atomic mass is 79.9. The fraction of sp³-hybridized carbons (Fsp3) is 0. The van der Waals surface area contributed by atoms with E-state index >= 15 is 0 Å². The minimum atomic E-state index is -0.628. The molecule has 2 amide bonds. The molecule has 1 aliphatic rings. The summed E-state index contributed by atoms with van der Waals surface area (Å²) in [5.41, 5.74) is 0.953. The monoisotopic (exact) mass is 497 g/mol. The number of furan rings is 1. The Kier molecular flexibility index (Phi) is 5.49. The Labute approximate surface area is 189 Å². The van der Waals surface area contributed by atoms with Crippen molar-refractivity contribution in [2.24, 2.45) is 0 Å². The molecular weight excluding hydrogens is 486 g/mol. The number of amides is 2. The molecule has 0 unspecified atom stereocenters. The van der Waals surface area contributed by atoms with E-state index in [1.165, 1.54) is 23.1 Å². The number of nitrogens with one attached hydrogen (secondary N) is 1. The van der Waals surface area contributed by atoms with Gasteiger partial charge in [-0.3, -0.25) is 29.9 Å². The summed E-state index contributed by atoms with van der Waals surface area (Å²) in [5, 5.41) is 13.3. The minimum Gasteiger partial charge on any atom is -0.457 e. The number of carbonyl (C=O) groups is 2. The van der Waals surface area contributed by atoms with Crippen LogP contribution in [0, 0.1) is 10.1 Å². The third kappa shape index (κ3) is 4.16. The van der Waals surface area contributed by atoms with Crippen LogP contribution >= 0.6 is 28.1 Å². The van der Waals surface area contributed by atoms with Crippen LogP contribution in [0.3, 0.4) is 0 Å². The number of nitro groups is 1. The second kappa shape index (κ2) is 8.25. The van der Waals surface area contributed by atoms with E-state index in [4.69, 9.17) is 16.6 Å². The lowest BCUT2D eigenvalue weighted by Gasteiger charge is -2.28. The first-order valence-electron chi connectivity index (χ1n) is 8.85. The van der Waals surface area contributed by atoms with Crippen molar-refractivity contribution in [1.82, 2.24) is 5.32 Å². The number of nitro benzene ring substituents is 1. The summed E-state index contributed by atoms with van der Waals surface area (Å²) in [6, 6.07) is 16.0. The topological polar surface area (TPSA) is 106 Å². The number of hydrogen-bond donors (Lipinski definition) is 1. The van der Waals surface area contributed by atoms with E-state index in [1.807, 2.05) is 0 Å². The van der Waals surface area contributed by atoms with Gasteiger partial charge in [0.05, 0.1) is 10.6 Å².